The molecule has 0 aliphatic rings. The Balaban J connectivity index is 2.13. The van der Waals surface area contributed by atoms with Gasteiger partial charge in [-0.05, 0) is 43.7 Å². The molecule has 96 valence electrons. The van der Waals surface area contributed by atoms with Gasteiger partial charge in [0.1, 0.15) is 5.82 Å². The standard InChI is InChI=1S/C14H15BrFNS/c1-3-11-5-7-14(18-11)9(2)17-13-6-4-10(15)8-12(13)16/h4-9,17H,3H2,1-2H3. The predicted molar refractivity (Wildman–Crippen MR) is 79.8 cm³/mol. The summed E-state index contributed by atoms with van der Waals surface area (Å²) in [6.07, 6.45) is 1.05. The van der Waals surface area contributed by atoms with Gasteiger partial charge < -0.3 is 5.32 Å². The van der Waals surface area contributed by atoms with Crippen molar-refractivity contribution in [1.82, 2.24) is 0 Å². The minimum Gasteiger partial charge on any atom is -0.375 e. The first-order chi connectivity index (χ1) is 8.60. The Morgan fingerprint density at radius 3 is 2.72 bits per heavy atom. The van der Waals surface area contributed by atoms with Crippen LogP contribution < -0.4 is 5.32 Å². The fraction of sp³-hybridized carbons (Fsp3) is 0.286. The lowest BCUT2D eigenvalue weighted by molar-refractivity contribution is 0.627. The first-order valence-corrected chi connectivity index (χ1v) is 7.51. The summed E-state index contributed by atoms with van der Waals surface area (Å²) in [5, 5.41) is 3.21. The van der Waals surface area contributed by atoms with E-state index in [0.717, 1.165) is 10.9 Å². The van der Waals surface area contributed by atoms with Crippen molar-refractivity contribution in [3.05, 3.63) is 50.4 Å². The van der Waals surface area contributed by atoms with E-state index in [9.17, 15) is 4.39 Å². The molecule has 0 amide bonds. The maximum Gasteiger partial charge on any atom is 0.147 e. The molecular weight excluding hydrogens is 313 g/mol. The van der Waals surface area contributed by atoms with Crippen LogP contribution in [0.3, 0.4) is 0 Å². The lowest BCUT2D eigenvalue weighted by Gasteiger charge is -2.14. The quantitative estimate of drug-likeness (QED) is 0.794. The highest BCUT2D eigenvalue weighted by Gasteiger charge is 2.10. The number of thiophene rings is 1. The number of benzene rings is 1. The van der Waals surface area contributed by atoms with Crippen LogP contribution >= 0.6 is 27.3 Å². The van der Waals surface area contributed by atoms with E-state index in [1.807, 2.05) is 13.0 Å². The van der Waals surface area contributed by atoms with Gasteiger partial charge in [-0.2, -0.15) is 0 Å². The van der Waals surface area contributed by atoms with Crippen LogP contribution in [-0.4, -0.2) is 0 Å². The Morgan fingerprint density at radius 1 is 1.33 bits per heavy atom. The summed E-state index contributed by atoms with van der Waals surface area (Å²) in [5.74, 6) is -0.233. The molecule has 1 heterocycles. The smallest absolute Gasteiger partial charge is 0.147 e. The van der Waals surface area contributed by atoms with E-state index in [1.165, 1.54) is 15.8 Å². The molecule has 18 heavy (non-hydrogen) atoms. The largest absolute Gasteiger partial charge is 0.375 e. The van der Waals surface area contributed by atoms with Crippen molar-refractivity contribution in [2.45, 2.75) is 26.3 Å². The molecule has 0 saturated carbocycles. The van der Waals surface area contributed by atoms with Gasteiger partial charge in [0.2, 0.25) is 0 Å². The summed E-state index contributed by atoms with van der Waals surface area (Å²) in [6, 6.07) is 9.43. The van der Waals surface area contributed by atoms with Gasteiger partial charge in [-0.15, -0.1) is 11.3 Å². The topological polar surface area (TPSA) is 12.0 Å². The fourth-order valence-electron chi connectivity index (χ4n) is 1.73. The van der Waals surface area contributed by atoms with Gasteiger partial charge in [-0.25, -0.2) is 4.39 Å². The lowest BCUT2D eigenvalue weighted by atomic mass is 10.2. The Kier molecular flexibility index (Phi) is 4.40. The highest BCUT2D eigenvalue weighted by atomic mass is 79.9. The number of nitrogens with one attached hydrogen (secondary N) is 1. The Morgan fingerprint density at radius 2 is 2.11 bits per heavy atom. The average molecular weight is 328 g/mol. The summed E-state index contributed by atoms with van der Waals surface area (Å²) in [7, 11) is 0. The normalized spacial score (nSPS) is 12.4. The first kappa shape index (κ1) is 13.6. The molecule has 0 spiro atoms. The zero-order chi connectivity index (χ0) is 13.1. The molecule has 1 atom stereocenters. The zero-order valence-corrected chi connectivity index (χ0v) is 12.7. The van der Waals surface area contributed by atoms with Crippen LogP contribution in [0.2, 0.25) is 0 Å². The highest BCUT2D eigenvalue weighted by Crippen LogP contribution is 2.28. The molecule has 0 saturated heterocycles. The summed E-state index contributed by atoms with van der Waals surface area (Å²) in [5.41, 5.74) is 0.539. The van der Waals surface area contributed by atoms with Gasteiger partial charge in [0.05, 0.1) is 11.7 Å². The minimum absolute atomic E-state index is 0.117. The van der Waals surface area contributed by atoms with Crippen molar-refractivity contribution < 1.29 is 4.39 Å². The monoisotopic (exact) mass is 327 g/mol. The molecule has 2 aromatic rings. The van der Waals surface area contributed by atoms with Crippen molar-refractivity contribution in [3.8, 4) is 0 Å². The number of anilines is 1. The number of rotatable bonds is 4. The molecule has 0 aliphatic carbocycles. The van der Waals surface area contributed by atoms with E-state index in [2.05, 4.69) is 40.3 Å². The molecule has 1 nitrogen and oxygen atoms in total. The van der Waals surface area contributed by atoms with Crippen molar-refractivity contribution in [1.29, 1.82) is 0 Å². The molecule has 1 N–H and O–H groups in total. The molecule has 0 bridgehead atoms. The molecule has 1 unspecified atom stereocenters. The van der Waals surface area contributed by atoms with Crippen LogP contribution in [-0.2, 0) is 6.42 Å². The van der Waals surface area contributed by atoms with Crippen LogP contribution in [0.5, 0.6) is 0 Å². The third kappa shape index (κ3) is 3.12. The van der Waals surface area contributed by atoms with Crippen molar-refractivity contribution >= 4 is 33.0 Å². The average Bonchev–Trinajstić information content (AvgIpc) is 2.81. The zero-order valence-electron chi connectivity index (χ0n) is 10.3. The van der Waals surface area contributed by atoms with Crippen LogP contribution in [0, 0.1) is 5.82 Å². The number of hydrogen-bond donors (Lipinski definition) is 1. The van der Waals surface area contributed by atoms with Crippen LogP contribution in [0.25, 0.3) is 0 Å². The highest BCUT2D eigenvalue weighted by molar-refractivity contribution is 9.10. The maximum atomic E-state index is 13.7. The van der Waals surface area contributed by atoms with Crippen molar-refractivity contribution in [3.63, 3.8) is 0 Å². The molecule has 0 aliphatic heterocycles. The van der Waals surface area contributed by atoms with Gasteiger partial charge in [-0.3, -0.25) is 0 Å². The molecular formula is C14H15BrFNS. The minimum atomic E-state index is -0.233. The number of aryl methyl sites for hydroxylation is 1. The summed E-state index contributed by atoms with van der Waals surface area (Å²) < 4.78 is 14.5. The maximum absolute atomic E-state index is 13.7. The van der Waals surface area contributed by atoms with Crippen LogP contribution in [0.1, 0.15) is 29.6 Å². The summed E-state index contributed by atoms with van der Waals surface area (Å²) in [4.78, 5) is 2.59. The van der Waals surface area contributed by atoms with Gasteiger partial charge in [0.25, 0.3) is 0 Å². The summed E-state index contributed by atoms with van der Waals surface area (Å²) >= 11 is 5.03. The second-order valence-electron chi connectivity index (χ2n) is 4.15. The molecule has 1 aromatic heterocycles. The van der Waals surface area contributed by atoms with E-state index in [0.29, 0.717) is 5.69 Å². The number of halogens is 2. The Bertz CT molecular complexity index is 538. The molecule has 0 radical (unpaired) electrons. The fourth-order valence-corrected chi connectivity index (χ4v) is 3.02. The van der Waals surface area contributed by atoms with Gasteiger partial charge >= 0.3 is 0 Å². The lowest BCUT2D eigenvalue weighted by Crippen LogP contribution is -2.06. The Hall–Kier alpha value is -0.870. The second kappa shape index (κ2) is 5.85. The number of hydrogen-bond acceptors (Lipinski definition) is 2. The van der Waals surface area contributed by atoms with E-state index in [4.69, 9.17) is 0 Å². The third-order valence-corrected chi connectivity index (χ3v) is 4.67. The summed E-state index contributed by atoms with van der Waals surface area (Å²) in [6.45, 7) is 4.19. The van der Waals surface area contributed by atoms with Crippen molar-refractivity contribution in [2.75, 3.05) is 5.32 Å². The van der Waals surface area contributed by atoms with E-state index in [1.54, 1.807) is 17.4 Å². The van der Waals surface area contributed by atoms with E-state index < -0.39 is 0 Å². The van der Waals surface area contributed by atoms with Crippen molar-refractivity contribution in [2.24, 2.45) is 0 Å². The molecule has 4 heteroatoms. The van der Waals surface area contributed by atoms with Gasteiger partial charge in [0.15, 0.2) is 0 Å². The first-order valence-electron chi connectivity index (χ1n) is 5.90. The van der Waals surface area contributed by atoms with Crippen LogP contribution in [0.4, 0.5) is 10.1 Å². The molecule has 1 aromatic carbocycles. The molecule has 0 fully saturated rings. The second-order valence-corrected chi connectivity index (χ2v) is 6.26. The van der Waals surface area contributed by atoms with E-state index in [-0.39, 0.29) is 11.9 Å². The van der Waals surface area contributed by atoms with Gasteiger partial charge in [0, 0.05) is 14.2 Å². The van der Waals surface area contributed by atoms with Gasteiger partial charge in [-0.1, -0.05) is 22.9 Å². The SMILES string of the molecule is CCc1ccc(C(C)Nc2ccc(Br)cc2F)s1. The Labute approximate surface area is 119 Å². The van der Waals surface area contributed by atoms with E-state index >= 15 is 0 Å². The third-order valence-electron chi connectivity index (χ3n) is 2.76. The van der Waals surface area contributed by atoms with Crippen LogP contribution in [0.15, 0.2) is 34.8 Å². The molecule has 2 rings (SSSR count). The predicted octanol–water partition coefficient (Wildman–Crippen LogP) is 5.39.